The first-order valence-electron chi connectivity index (χ1n) is 10.1. The molecule has 2 heterocycles. The van der Waals surface area contributed by atoms with Crippen molar-refractivity contribution in [3.05, 3.63) is 113 Å². The molecule has 158 valence electrons. The predicted molar refractivity (Wildman–Crippen MR) is 117 cm³/mol. The van der Waals surface area contributed by atoms with Crippen LogP contribution in [-0.2, 0) is 16.1 Å². The number of likely N-dealkylation sites (tertiary alicyclic amines) is 1. The normalized spacial score (nSPS) is 17.9. The molecule has 1 amide bonds. The largest absolute Gasteiger partial charge is 0.507 e. The number of hydrogen-bond acceptors (Lipinski definition) is 4. The fraction of sp³-hybridized carbons (Fsp3) is 0.0769. The van der Waals surface area contributed by atoms with Crippen LogP contribution in [0.25, 0.3) is 16.5 Å². The number of carbonyl (C=O) groups excluding carboxylic acids is 2. The maximum absolute atomic E-state index is 13.6. The molecule has 5 rings (SSSR count). The molecule has 1 fully saturated rings. The Morgan fingerprint density at radius 2 is 1.69 bits per heavy atom. The van der Waals surface area contributed by atoms with Crippen LogP contribution in [-0.4, -0.2) is 21.7 Å². The van der Waals surface area contributed by atoms with Crippen molar-refractivity contribution in [1.82, 2.24) is 4.90 Å². The number of nitrogens with zero attached hydrogens (tertiary/aromatic N) is 1. The Bertz CT molecular complexity index is 1360. The van der Waals surface area contributed by atoms with Crippen LogP contribution in [0.1, 0.15) is 22.9 Å². The minimum atomic E-state index is -0.882. The molecule has 5 nitrogen and oxygen atoms in total. The van der Waals surface area contributed by atoms with Gasteiger partial charge in [0.1, 0.15) is 17.3 Å². The van der Waals surface area contributed by atoms with Crippen LogP contribution in [0.4, 0.5) is 4.39 Å². The van der Waals surface area contributed by atoms with Crippen molar-refractivity contribution in [2.45, 2.75) is 12.6 Å². The van der Waals surface area contributed by atoms with E-state index in [9.17, 15) is 19.1 Å². The van der Waals surface area contributed by atoms with E-state index in [1.807, 2.05) is 30.3 Å². The van der Waals surface area contributed by atoms with Crippen molar-refractivity contribution >= 4 is 28.2 Å². The Morgan fingerprint density at radius 1 is 0.938 bits per heavy atom. The highest BCUT2D eigenvalue weighted by Gasteiger charge is 2.46. The summed E-state index contributed by atoms with van der Waals surface area (Å²) in [6, 6.07) is 21.0. The lowest BCUT2D eigenvalue weighted by Crippen LogP contribution is -2.29. The minimum Gasteiger partial charge on any atom is -0.507 e. The summed E-state index contributed by atoms with van der Waals surface area (Å²) in [4.78, 5) is 27.3. The van der Waals surface area contributed by atoms with E-state index in [-0.39, 0.29) is 17.9 Å². The van der Waals surface area contributed by atoms with Gasteiger partial charge >= 0.3 is 0 Å². The molecule has 0 saturated carbocycles. The van der Waals surface area contributed by atoms with E-state index >= 15 is 0 Å². The second-order valence-electron chi connectivity index (χ2n) is 7.62. The van der Waals surface area contributed by atoms with Crippen LogP contribution in [0.15, 0.2) is 95.1 Å². The summed E-state index contributed by atoms with van der Waals surface area (Å²) >= 11 is 0. The van der Waals surface area contributed by atoms with E-state index in [1.165, 1.54) is 35.4 Å². The number of benzene rings is 3. The molecule has 1 aliphatic heterocycles. The number of ketones is 1. The Labute approximate surface area is 183 Å². The Morgan fingerprint density at radius 3 is 2.41 bits per heavy atom. The van der Waals surface area contributed by atoms with Crippen LogP contribution < -0.4 is 0 Å². The first kappa shape index (κ1) is 19.8. The number of aliphatic hydroxyl groups excluding tert-OH is 1. The van der Waals surface area contributed by atoms with Crippen molar-refractivity contribution in [1.29, 1.82) is 0 Å². The van der Waals surface area contributed by atoms with E-state index in [4.69, 9.17) is 4.42 Å². The molecular weight excluding hydrogens is 409 g/mol. The summed E-state index contributed by atoms with van der Waals surface area (Å²) in [5, 5.41) is 13.1. The number of furan rings is 1. The second-order valence-corrected chi connectivity index (χ2v) is 7.62. The van der Waals surface area contributed by atoms with Gasteiger partial charge in [0, 0.05) is 5.56 Å². The molecule has 32 heavy (non-hydrogen) atoms. The summed E-state index contributed by atoms with van der Waals surface area (Å²) in [7, 11) is 0. The van der Waals surface area contributed by atoms with Gasteiger partial charge in [0.15, 0.2) is 0 Å². The fourth-order valence-electron chi connectivity index (χ4n) is 4.10. The molecule has 1 aromatic heterocycles. The molecule has 0 bridgehead atoms. The lowest BCUT2D eigenvalue weighted by Gasteiger charge is -2.24. The van der Waals surface area contributed by atoms with Gasteiger partial charge < -0.3 is 14.4 Å². The number of fused-ring (bicyclic) bond motifs is 1. The van der Waals surface area contributed by atoms with Crippen molar-refractivity contribution in [2.75, 3.05) is 0 Å². The zero-order valence-electron chi connectivity index (χ0n) is 16.9. The summed E-state index contributed by atoms with van der Waals surface area (Å²) in [6.45, 7) is 0.0358. The monoisotopic (exact) mass is 427 g/mol. The van der Waals surface area contributed by atoms with E-state index in [2.05, 4.69) is 0 Å². The molecule has 0 radical (unpaired) electrons. The zero-order valence-corrected chi connectivity index (χ0v) is 16.9. The second kappa shape index (κ2) is 7.81. The number of amides is 1. The summed E-state index contributed by atoms with van der Waals surface area (Å²) < 4.78 is 18.9. The minimum absolute atomic E-state index is 0.0358. The summed E-state index contributed by atoms with van der Waals surface area (Å²) in [6.07, 6.45) is 1.48. The number of halogens is 1. The average molecular weight is 427 g/mol. The lowest BCUT2D eigenvalue weighted by molar-refractivity contribution is -0.140. The van der Waals surface area contributed by atoms with Gasteiger partial charge in [-0.05, 0) is 46.7 Å². The van der Waals surface area contributed by atoms with Crippen LogP contribution in [0.2, 0.25) is 0 Å². The van der Waals surface area contributed by atoms with Crippen molar-refractivity contribution < 1.29 is 23.5 Å². The maximum Gasteiger partial charge on any atom is 0.296 e. The van der Waals surface area contributed by atoms with Crippen LogP contribution >= 0.6 is 0 Å². The van der Waals surface area contributed by atoms with E-state index in [0.29, 0.717) is 16.9 Å². The number of hydrogen-bond donors (Lipinski definition) is 1. The van der Waals surface area contributed by atoms with Gasteiger partial charge in [-0.3, -0.25) is 9.59 Å². The highest BCUT2D eigenvalue weighted by atomic mass is 19.1. The number of rotatable bonds is 4. The Hall–Kier alpha value is -4.19. The summed E-state index contributed by atoms with van der Waals surface area (Å²) in [5.41, 5.74) is 0.898. The van der Waals surface area contributed by atoms with Gasteiger partial charge in [-0.15, -0.1) is 0 Å². The van der Waals surface area contributed by atoms with E-state index < -0.39 is 23.5 Å². The SMILES string of the molecule is O=C1C(=O)N(Cc2ccco2)C(c2ccc(F)cc2)/C1=C(/O)c1ccc2ccccc2c1. The maximum atomic E-state index is 13.6. The first-order chi connectivity index (χ1) is 15.5. The third-order valence-electron chi connectivity index (χ3n) is 5.65. The number of Topliss-reactive ketones (excluding diaryl/α,β-unsaturated/α-hetero) is 1. The molecule has 3 aromatic carbocycles. The van der Waals surface area contributed by atoms with E-state index in [0.717, 1.165) is 10.8 Å². The van der Waals surface area contributed by atoms with Crippen LogP contribution in [0, 0.1) is 5.82 Å². The molecule has 1 saturated heterocycles. The van der Waals surface area contributed by atoms with Gasteiger partial charge in [-0.2, -0.15) is 0 Å². The molecule has 4 aromatic rings. The first-order valence-corrected chi connectivity index (χ1v) is 10.1. The van der Waals surface area contributed by atoms with Gasteiger partial charge in [0.25, 0.3) is 11.7 Å². The highest BCUT2D eigenvalue weighted by Crippen LogP contribution is 2.40. The number of carbonyl (C=O) groups is 2. The molecule has 1 atom stereocenters. The quantitative estimate of drug-likeness (QED) is 0.276. The van der Waals surface area contributed by atoms with Gasteiger partial charge in [0.2, 0.25) is 0 Å². The van der Waals surface area contributed by atoms with E-state index in [1.54, 1.807) is 24.3 Å². The van der Waals surface area contributed by atoms with Crippen molar-refractivity contribution in [2.24, 2.45) is 0 Å². The molecule has 1 N–H and O–H groups in total. The molecule has 1 aliphatic rings. The van der Waals surface area contributed by atoms with Crippen molar-refractivity contribution in [3.63, 3.8) is 0 Å². The number of aliphatic hydroxyl groups is 1. The van der Waals surface area contributed by atoms with Crippen LogP contribution in [0.3, 0.4) is 0 Å². The molecule has 1 unspecified atom stereocenters. The van der Waals surface area contributed by atoms with Gasteiger partial charge in [-0.25, -0.2) is 4.39 Å². The Balaban J connectivity index is 1.67. The fourth-order valence-corrected chi connectivity index (χ4v) is 4.10. The van der Waals surface area contributed by atoms with Crippen molar-refractivity contribution in [3.8, 4) is 0 Å². The topological polar surface area (TPSA) is 70.8 Å². The smallest absolute Gasteiger partial charge is 0.296 e. The standard InChI is InChI=1S/C26H18FNO4/c27-20-11-9-17(10-12-20)23-22(25(30)26(31)28(23)15-21-6-3-13-32-21)24(29)19-8-7-16-4-1-2-5-18(16)14-19/h1-14,23,29H,15H2/b24-22-. The predicted octanol–water partition coefficient (Wildman–Crippen LogP) is 5.19. The third kappa shape index (κ3) is 3.36. The van der Waals surface area contributed by atoms with Crippen LogP contribution in [0.5, 0.6) is 0 Å². The summed E-state index contributed by atoms with van der Waals surface area (Å²) in [5.74, 6) is -1.77. The molecule has 0 aliphatic carbocycles. The third-order valence-corrected chi connectivity index (χ3v) is 5.65. The van der Waals surface area contributed by atoms with Gasteiger partial charge in [-0.1, -0.05) is 48.5 Å². The average Bonchev–Trinajstić information content (AvgIpc) is 3.41. The molecule has 0 spiro atoms. The molecular formula is C26H18FNO4. The Kier molecular flexibility index (Phi) is 4.82. The highest BCUT2D eigenvalue weighted by molar-refractivity contribution is 6.46. The molecule has 6 heteroatoms. The zero-order chi connectivity index (χ0) is 22.2. The lowest BCUT2D eigenvalue weighted by atomic mass is 9.94. The van der Waals surface area contributed by atoms with Gasteiger partial charge in [0.05, 0.1) is 24.4 Å².